The number of hydrogen-bond donors (Lipinski definition) is 0. The van der Waals surface area contributed by atoms with Gasteiger partial charge < -0.3 is 9.15 Å². The van der Waals surface area contributed by atoms with Crippen molar-refractivity contribution in [3.05, 3.63) is 69.6 Å². The number of aromatic nitrogens is 3. The van der Waals surface area contributed by atoms with Gasteiger partial charge in [0.15, 0.2) is 17.0 Å². The molecule has 4 aromatic rings. The molecular formula is C18H12BrN3O3. The van der Waals surface area contributed by atoms with Gasteiger partial charge in [0, 0.05) is 15.4 Å². The quantitative estimate of drug-likeness (QED) is 0.491. The highest BCUT2D eigenvalue weighted by atomic mass is 79.9. The smallest absolute Gasteiger partial charge is 0.364 e. The van der Waals surface area contributed by atoms with Gasteiger partial charge in [0.2, 0.25) is 0 Å². The number of hydrogen-bond acceptors (Lipinski definition) is 5. The Bertz CT molecular complexity index is 1130. The van der Waals surface area contributed by atoms with Crippen molar-refractivity contribution in [2.75, 3.05) is 7.11 Å². The van der Waals surface area contributed by atoms with E-state index < -0.39 is 5.63 Å². The van der Waals surface area contributed by atoms with Crippen molar-refractivity contribution in [1.82, 2.24) is 15.0 Å². The van der Waals surface area contributed by atoms with E-state index in [4.69, 9.17) is 9.15 Å². The summed E-state index contributed by atoms with van der Waals surface area (Å²) in [6.45, 7) is 0. The topological polar surface area (TPSA) is 70.2 Å². The summed E-state index contributed by atoms with van der Waals surface area (Å²) in [5.74, 6) is 0.504. The molecule has 2 aromatic heterocycles. The lowest BCUT2D eigenvalue weighted by Gasteiger charge is -2.05. The Balaban J connectivity index is 1.83. The van der Waals surface area contributed by atoms with E-state index in [1.165, 1.54) is 11.9 Å². The zero-order valence-corrected chi connectivity index (χ0v) is 14.7. The van der Waals surface area contributed by atoms with Gasteiger partial charge in [-0.1, -0.05) is 40.2 Å². The van der Waals surface area contributed by atoms with Crippen LogP contribution in [0.2, 0.25) is 0 Å². The first-order chi connectivity index (χ1) is 12.2. The van der Waals surface area contributed by atoms with Gasteiger partial charge in [-0.3, -0.25) is 0 Å². The molecule has 6 nitrogen and oxygen atoms in total. The van der Waals surface area contributed by atoms with Crippen molar-refractivity contribution < 1.29 is 9.15 Å². The van der Waals surface area contributed by atoms with E-state index in [-0.39, 0.29) is 5.69 Å². The molecular weight excluding hydrogens is 386 g/mol. The molecule has 25 heavy (non-hydrogen) atoms. The Labute approximate surface area is 150 Å². The molecule has 0 saturated heterocycles. The number of nitrogens with zero attached hydrogens (tertiary/aromatic N) is 3. The van der Waals surface area contributed by atoms with Crippen molar-refractivity contribution in [2.24, 2.45) is 0 Å². The molecule has 0 fully saturated rings. The third-order valence-corrected chi connectivity index (χ3v) is 4.25. The summed E-state index contributed by atoms with van der Waals surface area (Å²) in [5.41, 5.74) is 1.66. The molecule has 0 N–H and O–H groups in total. The minimum absolute atomic E-state index is 0.238. The molecule has 0 spiro atoms. The lowest BCUT2D eigenvalue weighted by Crippen LogP contribution is -2.12. The van der Waals surface area contributed by atoms with E-state index in [9.17, 15) is 4.79 Å². The number of fused-ring (bicyclic) bond motifs is 1. The van der Waals surface area contributed by atoms with Gasteiger partial charge in [0.25, 0.3) is 0 Å². The fourth-order valence-electron chi connectivity index (χ4n) is 2.57. The molecule has 2 heterocycles. The minimum atomic E-state index is -0.534. The summed E-state index contributed by atoms with van der Waals surface area (Å²) in [5, 5.41) is 9.33. The molecule has 7 heteroatoms. The Kier molecular flexibility index (Phi) is 3.85. The zero-order chi connectivity index (χ0) is 17.4. The maximum absolute atomic E-state index is 12.4. The number of ether oxygens (including phenoxy) is 1. The van der Waals surface area contributed by atoms with Gasteiger partial charge in [-0.25, -0.2) is 4.79 Å². The summed E-state index contributed by atoms with van der Waals surface area (Å²) < 4.78 is 11.6. The van der Waals surface area contributed by atoms with Crippen LogP contribution in [0.1, 0.15) is 0 Å². The molecule has 0 unspecified atom stereocenters. The van der Waals surface area contributed by atoms with E-state index in [0.29, 0.717) is 17.0 Å². The van der Waals surface area contributed by atoms with E-state index in [0.717, 1.165) is 15.4 Å². The Morgan fingerprint density at radius 3 is 2.80 bits per heavy atom. The van der Waals surface area contributed by atoms with E-state index in [1.54, 1.807) is 18.3 Å². The standard InChI is InChI=1S/C18H12BrN3O3/c1-24-16-7-3-5-12-9-15(18(23)25-17(12)16)22-20-10-14(21-22)11-4-2-6-13(19)8-11/h2-10H,1H3. The largest absolute Gasteiger partial charge is 0.493 e. The van der Waals surface area contributed by atoms with E-state index >= 15 is 0 Å². The van der Waals surface area contributed by atoms with Gasteiger partial charge in [0.05, 0.1) is 13.3 Å². The third kappa shape index (κ3) is 2.83. The summed E-state index contributed by atoms with van der Waals surface area (Å²) in [6.07, 6.45) is 1.61. The second-order valence-electron chi connectivity index (χ2n) is 5.33. The average Bonchev–Trinajstić information content (AvgIpc) is 3.10. The molecule has 0 aliphatic rings. The van der Waals surface area contributed by atoms with Crippen molar-refractivity contribution in [3.63, 3.8) is 0 Å². The van der Waals surface area contributed by atoms with E-state index in [1.807, 2.05) is 36.4 Å². The molecule has 0 bridgehead atoms. The zero-order valence-electron chi connectivity index (χ0n) is 13.1. The monoisotopic (exact) mass is 397 g/mol. The highest BCUT2D eigenvalue weighted by Gasteiger charge is 2.13. The first kappa shape index (κ1) is 15.6. The highest BCUT2D eigenvalue weighted by molar-refractivity contribution is 9.10. The van der Waals surface area contributed by atoms with Crippen LogP contribution in [-0.2, 0) is 0 Å². The fraction of sp³-hybridized carbons (Fsp3) is 0.0556. The third-order valence-electron chi connectivity index (χ3n) is 3.75. The lowest BCUT2D eigenvalue weighted by molar-refractivity contribution is 0.406. The van der Waals surface area contributed by atoms with Crippen molar-refractivity contribution >= 4 is 26.9 Å². The first-order valence-corrected chi connectivity index (χ1v) is 8.24. The van der Waals surface area contributed by atoms with Crippen LogP contribution in [0, 0.1) is 0 Å². The van der Waals surface area contributed by atoms with Gasteiger partial charge in [-0.05, 0) is 24.3 Å². The number of benzene rings is 2. The SMILES string of the molecule is COc1cccc2cc(-n3ncc(-c4cccc(Br)c4)n3)c(=O)oc12. The summed E-state index contributed by atoms with van der Waals surface area (Å²) in [7, 11) is 1.53. The van der Waals surface area contributed by atoms with Gasteiger partial charge in [0.1, 0.15) is 5.69 Å². The number of rotatable bonds is 3. The van der Waals surface area contributed by atoms with Crippen LogP contribution < -0.4 is 10.4 Å². The lowest BCUT2D eigenvalue weighted by atomic mass is 10.2. The van der Waals surface area contributed by atoms with E-state index in [2.05, 4.69) is 26.1 Å². The predicted molar refractivity (Wildman–Crippen MR) is 97.1 cm³/mol. The van der Waals surface area contributed by atoms with Crippen LogP contribution in [0.15, 0.2) is 68.4 Å². The molecule has 4 rings (SSSR count). The van der Waals surface area contributed by atoms with Crippen LogP contribution in [0.5, 0.6) is 5.75 Å². The Morgan fingerprint density at radius 2 is 2.00 bits per heavy atom. The fourth-order valence-corrected chi connectivity index (χ4v) is 2.97. The predicted octanol–water partition coefficient (Wildman–Crippen LogP) is 3.81. The maximum atomic E-state index is 12.4. The first-order valence-electron chi connectivity index (χ1n) is 7.45. The Morgan fingerprint density at radius 1 is 1.16 bits per heavy atom. The van der Waals surface area contributed by atoms with Crippen molar-refractivity contribution in [2.45, 2.75) is 0 Å². The number of para-hydroxylation sites is 1. The van der Waals surface area contributed by atoms with Gasteiger partial charge in [-0.15, -0.1) is 9.90 Å². The summed E-state index contributed by atoms with van der Waals surface area (Å²) in [4.78, 5) is 13.6. The molecule has 2 aromatic carbocycles. The molecule has 0 atom stereocenters. The second kappa shape index (κ2) is 6.18. The maximum Gasteiger partial charge on any atom is 0.364 e. The van der Waals surface area contributed by atoms with Gasteiger partial charge in [-0.2, -0.15) is 5.10 Å². The summed E-state index contributed by atoms with van der Waals surface area (Å²) in [6, 6.07) is 14.8. The minimum Gasteiger partial charge on any atom is -0.493 e. The molecule has 0 aliphatic carbocycles. The van der Waals surface area contributed by atoms with Crippen LogP contribution >= 0.6 is 15.9 Å². The van der Waals surface area contributed by atoms with Crippen LogP contribution in [-0.4, -0.2) is 22.1 Å². The molecule has 0 saturated carbocycles. The second-order valence-corrected chi connectivity index (χ2v) is 6.24. The van der Waals surface area contributed by atoms with Crippen molar-refractivity contribution in [1.29, 1.82) is 0 Å². The molecule has 0 amide bonds. The van der Waals surface area contributed by atoms with Crippen LogP contribution in [0.4, 0.5) is 0 Å². The molecule has 0 radical (unpaired) electrons. The van der Waals surface area contributed by atoms with Crippen molar-refractivity contribution in [3.8, 4) is 22.7 Å². The van der Waals surface area contributed by atoms with Crippen LogP contribution in [0.3, 0.4) is 0 Å². The Hall–Kier alpha value is -2.93. The molecule has 124 valence electrons. The summed E-state index contributed by atoms with van der Waals surface area (Å²) >= 11 is 3.43. The highest BCUT2D eigenvalue weighted by Crippen LogP contribution is 2.25. The average molecular weight is 398 g/mol. The van der Waals surface area contributed by atoms with Crippen LogP contribution in [0.25, 0.3) is 27.9 Å². The molecule has 0 aliphatic heterocycles. The number of methoxy groups -OCH3 is 1. The number of halogens is 1. The van der Waals surface area contributed by atoms with Gasteiger partial charge >= 0.3 is 5.63 Å². The normalized spacial score (nSPS) is 11.0.